The number of halogens is 1. The van der Waals surface area contributed by atoms with E-state index in [1.807, 2.05) is 48.5 Å². The minimum absolute atomic E-state index is 0.106. The van der Waals surface area contributed by atoms with Crippen LogP contribution in [-0.2, 0) is 17.7 Å². The summed E-state index contributed by atoms with van der Waals surface area (Å²) >= 11 is 6.24. The quantitative estimate of drug-likeness (QED) is 0.654. The van der Waals surface area contributed by atoms with Crippen molar-refractivity contribution in [3.05, 3.63) is 81.1 Å². The molecule has 0 aliphatic carbocycles. The monoisotopic (exact) mass is 408 g/mol. The van der Waals surface area contributed by atoms with Crippen LogP contribution in [0.5, 0.6) is 0 Å². The van der Waals surface area contributed by atoms with Gasteiger partial charge >= 0.3 is 0 Å². The van der Waals surface area contributed by atoms with Gasteiger partial charge in [0.15, 0.2) is 0 Å². The van der Waals surface area contributed by atoms with Crippen LogP contribution in [0.25, 0.3) is 22.4 Å². The predicted octanol–water partition coefficient (Wildman–Crippen LogP) is 3.77. The highest BCUT2D eigenvalue weighted by molar-refractivity contribution is 6.31. The molecule has 4 rings (SSSR count). The lowest BCUT2D eigenvalue weighted by Gasteiger charge is -2.25. The Bertz CT molecular complexity index is 1120. The normalized spacial score (nSPS) is 12.2. The fourth-order valence-corrected chi connectivity index (χ4v) is 3.92. The second-order valence-corrected chi connectivity index (χ2v) is 7.38. The van der Waals surface area contributed by atoms with E-state index in [9.17, 15) is 9.59 Å². The van der Waals surface area contributed by atoms with Gasteiger partial charge in [0.1, 0.15) is 0 Å². The number of aryl methyl sites for hydroxylation is 1. The largest absolute Gasteiger partial charge is 0.383 e. The molecule has 1 aliphatic heterocycles. The highest BCUT2D eigenvalue weighted by Crippen LogP contribution is 2.34. The zero-order valence-corrected chi connectivity index (χ0v) is 16.8. The summed E-state index contributed by atoms with van der Waals surface area (Å²) in [6.07, 6.45) is 0.711. The van der Waals surface area contributed by atoms with E-state index < -0.39 is 0 Å². The van der Waals surface area contributed by atoms with Gasteiger partial charge in [-0.2, -0.15) is 0 Å². The van der Waals surface area contributed by atoms with Crippen LogP contribution in [0.15, 0.2) is 59.4 Å². The molecule has 3 aromatic rings. The van der Waals surface area contributed by atoms with Crippen LogP contribution >= 0.6 is 11.6 Å². The second-order valence-electron chi connectivity index (χ2n) is 6.94. The number of benzene rings is 2. The lowest BCUT2D eigenvalue weighted by Crippen LogP contribution is -2.33. The van der Waals surface area contributed by atoms with E-state index in [4.69, 9.17) is 16.3 Å². The van der Waals surface area contributed by atoms with E-state index >= 15 is 0 Å². The van der Waals surface area contributed by atoms with E-state index in [1.54, 1.807) is 17.7 Å². The molecule has 1 aliphatic rings. The van der Waals surface area contributed by atoms with E-state index in [2.05, 4.69) is 5.32 Å². The van der Waals surface area contributed by atoms with E-state index in [0.717, 1.165) is 16.7 Å². The Morgan fingerprint density at radius 2 is 1.93 bits per heavy atom. The van der Waals surface area contributed by atoms with Crippen molar-refractivity contribution in [3.63, 3.8) is 0 Å². The van der Waals surface area contributed by atoms with Gasteiger partial charge in [-0.05, 0) is 35.7 Å². The van der Waals surface area contributed by atoms with Crippen LogP contribution < -0.4 is 10.9 Å². The summed E-state index contributed by atoms with van der Waals surface area (Å²) in [6.45, 7) is 1.31. The number of pyridine rings is 1. The third-order valence-electron chi connectivity index (χ3n) is 5.14. The standard InChI is InChI=1S/C23H21ClN2O3/c1-29-12-10-25-22(27)20-14-19(15-5-3-2-4-6-15)23(28)26-11-9-16-7-8-17(24)13-18(16)21(20)26/h2-8,13-14H,9-12H2,1H3,(H,25,27). The summed E-state index contributed by atoms with van der Waals surface area (Å²) in [4.78, 5) is 26.4. The Hall–Kier alpha value is -2.89. The number of nitrogens with one attached hydrogen (secondary N) is 1. The molecular weight excluding hydrogens is 388 g/mol. The molecule has 5 nitrogen and oxygen atoms in total. The van der Waals surface area contributed by atoms with Crippen molar-refractivity contribution in [1.82, 2.24) is 9.88 Å². The molecule has 0 spiro atoms. The molecule has 0 fully saturated rings. The molecule has 0 bridgehead atoms. The molecule has 1 aromatic heterocycles. The fourth-order valence-electron chi connectivity index (χ4n) is 3.75. The van der Waals surface area contributed by atoms with Crippen LogP contribution in [0.3, 0.4) is 0 Å². The van der Waals surface area contributed by atoms with Gasteiger partial charge in [-0.25, -0.2) is 0 Å². The molecule has 148 valence electrons. The summed E-state index contributed by atoms with van der Waals surface area (Å²) in [5, 5.41) is 3.45. The number of hydrogen-bond donors (Lipinski definition) is 1. The summed E-state index contributed by atoms with van der Waals surface area (Å²) in [6, 6.07) is 16.7. The molecule has 0 atom stereocenters. The summed E-state index contributed by atoms with van der Waals surface area (Å²) < 4.78 is 6.74. The number of hydrogen-bond acceptors (Lipinski definition) is 3. The maximum Gasteiger partial charge on any atom is 0.258 e. The topological polar surface area (TPSA) is 60.3 Å². The molecule has 1 amide bonds. The highest BCUT2D eigenvalue weighted by Gasteiger charge is 2.26. The first-order valence-electron chi connectivity index (χ1n) is 9.49. The maximum absolute atomic E-state index is 13.3. The average Bonchev–Trinajstić information content (AvgIpc) is 2.74. The van der Waals surface area contributed by atoms with Gasteiger partial charge < -0.3 is 14.6 Å². The first-order chi connectivity index (χ1) is 14.1. The number of rotatable bonds is 5. The van der Waals surface area contributed by atoms with Gasteiger partial charge in [0.2, 0.25) is 0 Å². The van der Waals surface area contributed by atoms with Crippen molar-refractivity contribution in [2.45, 2.75) is 13.0 Å². The number of carbonyl (C=O) groups is 1. The number of methoxy groups -OCH3 is 1. The van der Waals surface area contributed by atoms with Gasteiger partial charge in [0, 0.05) is 36.3 Å². The minimum Gasteiger partial charge on any atom is -0.383 e. The second kappa shape index (κ2) is 8.23. The number of aromatic nitrogens is 1. The van der Waals surface area contributed by atoms with Crippen LogP contribution in [-0.4, -0.2) is 30.7 Å². The SMILES string of the molecule is COCCNC(=O)c1cc(-c2ccccc2)c(=O)n2c1-c1cc(Cl)ccc1CC2. The smallest absolute Gasteiger partial charge is 0.258 e. The van der Waals surface area contributed by atoms with Crippen LogP contribution in [0, 0.1) is 0 Å². The fraction of sp³-hybridized carbons (Fsp3) is 0.217. The van der Waals surface area contributed by atoms with Crippen molar-refractivity contribution in [2.75, 3.05) is 20.3 Å². The van der Waals surface area contributed by atoms with Crippen molar-refractivity contribution >= 4 is 17.5 Å². The predicted molar refractivity (Wildman–Crippen MR) is 114 cm³/mol. The molecule has 0 saturated heterocycles. The Labute approximate surface area is 173 Å². The van der Waals surface area contributed by atoms with Crippen molar-refractivity contribution in [3.8, 4) is 22.4 Å². The first-order valence-corrected chi connectivity index (χ1v) is 9.87. The lowest BCUT2D eigenvalue weighted by atomic mass is 9.92. The Kier molecular flexibility index (Phi) is 5.51. The number of ether oxygens (including phenoxy) is 1. The van der Waals surface area contributed by atoms with Crippen LogP contribution in [0.4, 0.5) is 0 Å². The molecular formula is C23H21ClN2O3. The molecule has 29 heavy (non-hydrogen) atoms. The van der Waals surface area contributed by atoms with E-state index in [0.29, 0.717) is 48.0 Å². The summed E-state index contributed by atoms with van der Waals surface area (Å²) in [5.41, 5.74) is 4.18. The van der Waals surface area contributed by atoms with Gasteiger partial charge in [0.05, 0.1) is 17.9 Å². The highest BCUT2D eigenvalue weighted by atomic mass is 35.5. The Morgan fingerprint density at radius 3 is 2.69 bits per heavy atom. The third kappa shape index (κ3) is 3.71. The Morgan fingerprint density at radius 1 is 1.14 bits per heavy atom. The number of amides is 1. The first kappa shape index (κ1) is 19.4. The zero-order chi connectivity index (χ0) is 20.4. The molecule has 0 unspecified atom stereocenters. The molecule has 0 radical (unpaired) electrons. The number of carbonyl (C=O) groups excluding carboxylic acids is 1. The molecule has 2 aromatic carbocycles. The van der Waals surface area contributed by atoms with Crippen molar-refractivity contribution < 1.29 is 9.53 Å². The zero-order valence-electron chi connectivity index (χ0n) is 16.1. The summed E-state index contributed by atoms with van der Waals surface area (Å²) in [5.74, 6) is -0.240. The van der Waals surface area contributed by atoms with Gasteiger partial charge in [-0.3, -0.25) is 9.59 Å². The average molecular weight is 409 g/mol. The third-order valence-corrected chi connectivity index (χ3v) is 5.38. The van der Waals surface area contributed by atoms with Crippen LogP contribution in [0.1, 0.15) is 15.9 Å². The Balaban J connectivity index is 1.94. The van der Waals surface area contributed by atoms with Gasteiger partial charge in [0.25, 0.3) is 11.5 Å². The molecule has 1 N–H and O–H groups in total. The van der Waals surface area contributed by atoms with Crippen molar-refractivity contribution in [1.29, 1.82) is 0 Å². The number of fused-ring (bicyclic) bond motifs is 3. The molecule has 6 heteroatoms. The maximum atomic E-state index is 13.3. The molecule has 0 saturated carbocycles. The van der Waals surface area contributed by atoms with Gasteiger partial charge in [-0.15, -0.1) is 0 Å². The van der Waals surface area contributed by atoms with E-state index in [-0.39, 0.29) is 11.5 Å². The van der Waals surface area contributed by atoms with Crippen LogP contribution in [0.2, 0.25) is 5.02 Å². The lowest BCUT2D eigenvalue weighted by molar-refractivity contribution is 0.0937. The molecule has 2 heterocycles. The van der Waals surface area contributed by atoms with E-state index in [1.165, 1.54) is 0 Å². The van der Waals surface area contributed by atoms with Gasteiger partial charge in [-0.1, -0.05) is 48.0 Å². The summed E-state index contributed by atoms with van der Waals surface area (Å²) in [7, 11) is 1.59. The minimum atomic E-state index is -0.240. The van der Waals surface area contributed by atoms with Crippen molar-refractivity contribution in [2.24, 2.45) is 0 Å². The number of nitrogens with zero attached hydrogens (tertiary/aromatic N) is 1.